The van der Waals surface area contributed by atoms with Crippen LogP contribution in [0.15, 0.2) is 58.3 Å². The SMILES string of the molecule is CC(N)C(=O)Nc1cccc(Sc2ccccc2Cl)c1. The third-order valence-corrected chi connectivity index (χ3v) is 4.09. The number of nitrogens with two attached hydrogens (primary N) is 1. The number of benzene rings is 2. The minimum absolute atomic E-state index is 0.204. The highest BCUT2D eigenvalue weighted by Crippen LogP contribution is 2.33. The highest BCUT2D eigenvalue weighted by atomic mass is 35.5. The fourth-order valence-electron chi connectivity index (χ4n) is 1.55. The number of nitrogens with one attached hydrogen (secondary N) is 1. The maximum absolute atomic E-state index is 11.6. The van der Waals surface area contributed by atoms with Crippen LogP contribution in [0.3, 0.4) is 0 Å². The van der Waals surface area contributed by atoms with Crippen LogP contribution < -0.4 is 11.1 Å². The Morgan fingerprint density at radius 3 is 2.70 bits per heavy atom. The second-order valence-corrected chi connectivity index (χ2v) is 5.86. The Hall–Kier alpha value is -1.49. The molecule has 1 unspecified atom stereocenters. The number of amides is 1. The van der Waals surface area contributed by atoms with Crippen LogP contribution in [0.1, 0.15) is 6.92 Å². The van der Waals surface area contributed by atoms with E-state index in [-0.39, 0.29) is 5.91 Å². The predicted octanol–water partition coefficient (Wildman–Crippen LogP) is 3.78. The van der Waals surface area contributed by atoms with Crippen molar-refractivity contribution in [2.75, 3.05) is 5.32 Å². The smallest absolute Gasteiger partial charge is 0.240 e. The van der Waals surface area contributed by atoms with E-state index in [2.05, 4.69) is 5.32 Å². The average Bonchev–Trinajstić information content (AvgIpc) is 2.42. The zero-order valence-corrected chi connectivity index (χ0v) is 12.5. The van der Waals surface area contributed by atoms with E-state index in [0.29, 0.717) is 5.02 Å². The summed E-state index contributed by atoms with van der Waals surface area (Å²) in [6, 6.07) is 14.7. The van der Waals surface area contributed by atoms with Crippen molar-refractivity contribution in [1.29, 1.82) is 0 Å². The van der Waals surface area contributed by atoms with Gasteiger partial charge in [0.15, 0.2) is 0 Å². The average molecular weight is 307 g/mol. The summed E-state index contributed by atoms with van der Waals surface area (Å²) in [4.78, 5) is 13.5. The van der Waals surface area contributed by atoms with Crippen LogP contribution in [0.4, 0.5) is 5.69 Å². The van der Waals surface area contributed by atoms with Crippen molar-refractivity contribution < 1.29 is 4.79 Å². The summed E-state index contributed by atoms with van der Waals surface area (Å²) in [5.41, 5.74) is 6.26. The molecule has 0 saturated heterocycles. The molecule has 0 aliphatic heterocycles. The molecule has 0 aliphatic carbocycles. The molecule has 5 heteroatoms. The third kappa shape index (κ3) is 4.00. The first kappa shape index (κ1) is 14.9. The molecule has 0 radical (unpaired) electrons. The van der Waals surface area contributed by atoms with E-state index in [1.54, 1.807) is 18.7 Å². The molecule has 2 aromatic carbocycles. The summed E-state index contributed by atoms with van der Waals surface area (Å²) in [5.74, 6) is -0.204. The minimum atomic E-state index is -0.533. The van der Waals surface area contributed by atoms with Gasteiger partial charge in [-0.3, -0.25) is 4.79 Å². The van der Waals surface area contributed by atoms with Gasteiger partial charge in [-0.2, -0.15) is 0 Å². The van der Waals surface area contributed by atoms with Crippen molar-refractivity contribution in [3.05, 3.63) is 53.6 Å². The molecule has 0 spiro atoms. The van der Waals surface area contributed by atoms with Gasteiger partial charge in [0, 0.05) is 15.5 Å². The van der Waals surface area contributed by atoms with Gasteiger partial charge in [0.25, 0.3) is 0 Å². The molecule has 0 heterocycles. The molecule has 104 valence electrons. The molecule has 2 rings (SSSR count). The first-order valence-corrected chi connectivity index (χ1v) is 7.34. The van der Waals surface area contributed by atoms with E-state index in [9.17, 15) is 4.79 Å². The van der Waals surface area contributed by atoms with Gasteiger partial charge in [-0.05, 0) is 37.3 Å². The van der Waals surface area contributed by atoms with Gasteiger partial charge in [0.2, 0.25) is 5.91 Å². The van der Waals surface area contributed by atoms with Gasteiger partial charge >= 0.3 is 0 Å². The molecule has 0 saturated carbocycles. The lowest BCUT2D eigenvalue weighted by atomic mass is 10.3. The van der Waals surface area contributed by atoms with Gasteiger partial charge in [-0.1, -0.05) is 41.6 Å². The first-order chi connectivity index (χ1) is 9.56. The summed E-state index contributed by atoms with van der Waals surface area (Å²) in [7, 11) is 0. The summed E-state index contributed by atoms with van der Waals surface area (Å²) >= 11 is 7.68. The predicted molar refractivity (Wildman–Crippen MR) is 84.3 cm³/mol. The Kier molecular flexibility index (Phi) is 5.06. The normalized spacial score (nSPS) is 11.9. The second kappa shape index (κ2) is 6.79. The van der Waals surface area contributed by atoms with E-state index < -0.39 is 6.04 Å². The fourth-order valence-corrected chi connectivity index (χ4v) is 2.70. The Labute approximate surface area is 127 Å². The van der Waals surface area contributed by atoms with Gasteiger partial charge in [-0.15, -0.1) is 0 Å². The minimum Gasteiger partial charge on any atom is -0.325 e. The van der Waals surface area contributed by atoms with Crippen molar-refractivity contribution in [2.24, 2.45) is 5.73 Å². The molecule has 3 N–H and O–H groups in total. The van der Waals surface area contributed by atoms with E-state index in [1.807, 2.05) is 48.5 Å². The van der Waals surface area contributed by atoms with Crippen LogP contribution in [0, 0.1) is 0 Å². The monoisotopic (exact) mass is 306 g/mol. The molecular formula is C15H15ClN2OS. The van der Waals surface area contributed by atoms with Crippen molar-refractivity contribution in [3.63, 3.8) is 0 Å². The van der Waals surface area contributed by atoms with Crippen LogP contribution >= 0.6 is 23.4 Å². The molecule has 0 aliphatic rings. The molecule has 0 fully saturated rings. The number of anilines is 1. The summed E-state index contributed by atoms with van der Waals surface area (Å²) < 4.78 is 0. The van der Waals surface area contributed by atoms with Crippen LogP contribution in [0.5, 0.6) is 0 Å². The lowest BCUT2D eigenvalue weighted by molar-refractivity contribution is -0.117. The molecule has 0 bridgehead atoms. The zero-order chi connectivity index (χ0) is 14.5. The maximum Gasteiger partial charge on any atom is 0.240 e. The Bertz CT molecular complexity index is 616. The molecule has 20 heavy (non-hydrogen) atoms. The number of hydrogen-bond donors (Lipinski definition) is 2. The Balaban J connectivity index is 2.14. The topological polar surface area (TPSA) is 55.1 Å². The summed E-state index contributed by atoms with van der Waals surface area (Å²) in [5, 5.41) is 3.48. The highest BCUT2D eigenvalue weighted by Gasteiger charge is 2.08. The van der Waals surface area contributed by atoms with Crippen molar-refractivity contribution in [2.45, 2.75) is 22.8 Å². The quantitative estimate of drug-likeness (QED) is 0.904. The van der Waals surface area contributed by atoms with Crippen LogP contribution in [0.2, 0.25) is 5.02 Å². The number of hydrogen-bond acceptors (Lipinski definition) is 3. The van der Waals surface area contributed by atoms with Crippen molar-refractivity contribution >= 4 is 35.0 Å². The van der Waals surface area contributed by atoms with Gasteiger partial charge in [-0.25, -0.2) is 0 Å². The molecule has 0 aromatic heterocycles. The van der Waals surface area contributed by atoms with Gasteiger partial charge in [0.1, 0.15) is 0 Å². The largest absolute Gasteiger partial charge is 0.325 e. The lowest BCUT2D eigenvalue weighted by Gasteiger charge is -2.09. The summed E-state index contributed by atoms with van der Waals surface area (Å²) in [6.07, 6.45) is 0. The Morgan fingerprint density at radius 1 is 1.25 bits per heavy atom. The first-order valence-electron chi connectivity index (χ1n) is 6.15. The number of halogens is 1. The van der Waals surface area contributed by atoms with Crippen LogP contribution in [0.25, 0.3) is 0 Å². The van der Waals surface area contributed by atoms with Crippen LogP contribution in [-0.4, -0.2) is 11.9 Å². The molecule has 1 atom stereocenters. The van der Waals surface area contributed by atoms with Gasteiger partial charge in [0.05, 0.1) is 11.1 Å². The number of rotatable bonds is 4. The summed E-state index contributed by atoms with van der Waals surface area (Å²) in [6.45, 7) is 1.65. The van der Waals surface area contributed by atoms with Crippen molar-refractivity contribution in [3.8, 4) is 0 Å². The standard InChI is InChI=1S/C15H15ClN2OS/c1-10(17)15(19)18-11-5-4-6-12(9-11)20-14-8-3-2-7-13(14)16/h2-10H,17H2,1H3,(H,18,19). The highest BCUT2D eigenvalue weighted by molar-refractivity contribution is 7.99. The molecule has 1 amide bonds. The van der Waals surface area contributed by atoms with E-state index in [1.165, 1.54) is 0 Å². The Morgan fingerprint density at radius 2 is 2.00 bits per heavy atom. The number of carbonyl (C=O) groups excluding carboxylic acids is 1. The molecule has 3 nitrogen and oxygen atoms in total. The van der Waals surface area contributed by atoms with E-state index >= 15 is 0 Å². The lowest BCUT2D eigenvalue weighted by Crippen LogP contribution is -2.32. The molecular weight excluding hydrogens is 292 g/mol. The molecule has 2 aromatic rings. The van der Waals surface area contributed by atoms with Crippen LogP contribution in [-0.2, 0) is 4.79 Å². The zero-order valence-electron chi connectivity index (χ0n) is 11.0. The maximum atomic E-state index is 11.6. The number of carbonyl (C=O) groups is 1. The second-order valence-electron chi connectivity index (χ2n) is 4.34. The van der Waals surface area contributed by atoms with Crippen molar-refractivity contribution in [1.82, 2.24) is 0 Å². The van der Waals surface area contributed by atoms with E-state index in [0.717, 1.165) is 15.5 Å². The fraction of sp³-hybridized carbons (Fsp3) is 0.133. The third-order valence-electron chi connectivity index (χ3n) is 2.58. The van der Waals surface area contributed by atoms with E-state index in [4.69, 9.17) is 17.3 Å². The van der Waals surface area contributed by atoms with Gasteiger partial charge < -0.3 is 11.1 Å².